The van der Waals surface area contributed by atoms with Crippen LogP contribution < -0.4 is 10.6 Å². The Labute approximate surface area is 123 Å². The first kappa shape index (κ1) is 15.0. The third kappa shape index (κ3) is 4.04. The fourth-order valence-electron chi connectivity index (χ4n) is 2.09. The lowest BCUT2D eigenvalue weighted by Gasteiger charge is -2.20. The van der Waals surface area contributed by atoms with Crippen LogP contribution in [0, 0.1) is 23.5 Å². The second-order valence-corrected chi connectivity index (χ2v) is 4.66. The summed E-state index contributed by atoms with van der Waals surface area (Å²) in [4.78, 5) is 1.73. The van der Waals surface area contributed by atoms with E-state index in [9.17, 15) is 8.78 Å². The first-order valence-electron chi connectivity index (χ1n) is 6.54. The second kappa shape index (κ2) is 6.87. The van der Waals surface area contributed by atoms with Crippen LogP contribution in [0.15, 0.2) is 42.5 Å². The first-order chi connectivity index (χ1) is 10.1. The Bertz CT molecular complexity index is 687. The van der Waals surface area contributed by atoms with E-state index >= 15 is 0 Å². The number of nitrogens with two attached hydrogens (primary N) is 1. The molecule has 21 heavy (non-hydrogen) atoms. The molecular formula is C17H16F2N2. The highest BCUT2D eigenvalue weighted by molar-refractivity contribution is 5.48. The lowest BCUT2D eigenvalue weighted by molar-refractivity contribution is 0.619. The third-order valence-corrected chi connectivity index (χ3v) is 2.98. The van der Waals surface area contributed by atoms with E-state index < -0.39 is 0 Å². The van der Waals surface area contributed by atoms with Crippen molar-refractivity contribution in [2.24, 2.45) is 5.73 Å². The minimum atomic E-state index is -0.365. The van der Waals surface area contributed by atoms with Crippen molar-refractivity contribution in [3.8, 4) is 11.8 Å². The molecule has 2 aromatic carbocycles. The smallest absolute Gasteiger partial charge is 0.146 e. The van der Waals surface area contributed by atoms with Crippen molar-refractivity contribution in [2.75, 3.05) is 18.5 Å². The number of nitrogens with zero attached hydrogens (tertiary/aromatic N) is 1. The molecule has 0 bridgehead atoms. The molecule has 0 saturated carbocycles. The molecule has 0 heterocycles. The normalized spacial score (nSPS) is 9.90. The zero-order chi connectivity index (χ0) is 15.2. The van der Waals surface area contributed by atoms with Crippen molar-refractivity contribution in [3.05, 3.63) is 65.2 Å². The zero-order valence-electron chi connectivity index (χ0n) is 11.7. The number of benzene rings is 2. The lowest BCUT2D eigenvalue weighted by atomic mass is 10.1. The molecule has 2 N–H and O–H groups in total. The minimum absolute atomic E-state index is 0.223. The van der Waals surface area contributed by atoms with E-state index in [1.54, 1.807) is 36.2 Å². The van der Waals surface area contributed by atoms with Crippen molar-refractivity contribution in [2.45, 2.75) is 6.54 Å². The topological polar surface area (TPSA) is 29.3 Å². The van der Waals surface area contributed by atoms with Crippen LogP contribution in [0.4, 0.5) is 14.5 Å². The van der Waals surface area contributed by atoms with Crippen LogP contribution in [0.5, 0.6) is 0 Å². The summed E-state index contributed by atoms with van der Waals surface area (Å²) in [6.07, 6.45) is 0. The third-order valence-electron chi connectivity index (χ3n) is 2.98. The summed E-state index contributed by atoms with van der Waals surface area (Å²) in [6, 6.07) is 11.0. The van der Waals surface area contributed by atoms with Gasteiger partial charge in [0.15, 0.2) is 0 Å². The van der Waals surface area contributed by atoms with E-state index in [1.165, 1.54) is 18.2 Å². The number of halogens is 2. The maximum absolute atomic E-state index is 13.7. The van der Waals surface area contributed by atoms with Crippen molar-refractivity contribution in [1.29, 1.82) is 0 Å². The summed E-state index contributed by atoms with van der Waals surface area (Å²) in [7, 11) is 1.76. The molecule has 0 saturated heterocycles. The predicted octanol–water partition coefficient (Wildman–Crippen LogP) is 2.91. The molecule has 0 aliphatic rings. The molecule has 0 amide bonds. The fraction of sp³-hybridized carbons (Fsp3) is 0.176. The molecule has 2 rings (SSSR count). The number of hydrogen-bond donors (Lipinski definition) is 1. The maximum atomic E-state index is 13.7. The fourth-order valence-corrected chi connectivity index (χ4v) is 2.09. The highest BCUT2D eigenvalue weighted by atomic mass is 19.1. The Balaban J connectivity index is 2.23. The molecule has 2 nitrogen and oxygen atoms in total. The monoisotopic (exact) mass is 286 g/mol. The predicted molar refractivity (Wildman–Crippen MR) is 80.8 cm³/mol. The molecule has 0 aromatic heterocycles. The summed E-state index contributed by atoms with van der Waals surface area (Å²) in [5, 5.41) is 0. The number of anilines is 1. The van der Waals surface area contributed by atoms with Gasteiger partial charge < -0.3 is 10.6 Å². The summed E-state index contributed by atoms with van der Waals surface area (Å²) in [6.45, 7) is 0.608. The first-order valence-corrected chi connectivity index (χ1v) is 6.54. The number of rotatable bonds is 3. The molecule has 0 unspecified atom stereocenters. The van der Waals surface area contributed by atoms with Crippen molar-refractivity contribution in [3.63, 3.8) is 0 Å². The van der Waals surface area contributed by atoms with Crippen LogP contribution in [0.1, 0.15) is 11.1 Å². The molecule has 0 spiro atoms. The largest absolute Gasteiger partial charge is 0.368 e. The van der Waals surface area contributed by atoms with Crippen molar-refractivity contribution in [1.82, 2.24) is 0 Å². The highest BCUT2D eigenvalue weighted by Crippen LogP contribution is 2.20. The molecule has 0 radical (unpaired) electrons. The van der Waals surface area contributed by atoms with Gasteiger partial charge in [-0.1, -0.05) is 24.0 Å². The van der Waals surface area contributed by atoms with Gasteiger partial charge in [0, 0.05) is 19.2 Å². The van der Waals surface area contributed by atoms with Crippen LogP contribution in [0.2, 0.25) is 0 Å². The van der Waals surface area contributed by atoms with Gasteiger partial charge in [-0.05, 0) is 35.9 Å². The van der Waals surface area contributed by atoms with E-state index in [4.69, 9.17) is 5.73 Å². The Kier molecular flexibility index (Phi) is 4.91. The van der Waals surface area contributed by atoms with Gasteiger partial charge in [0.2, 0.25) is 0 Å². The second-order valence-electron chi connectivity index (χ2n) is 4.66. The van der Waals surface area contributed by atoms with E-state index in [2.05, 4.69) is 11.8 Å². The summed E-state index contributed by atoms with van der Waals surface area (Å²) >= 11 is 0. The summed E-state index contributed by atoms with van der Waals surface area (Å²) in [5.74, 6) is 4.82. The molecule has 0 aliphatic heterocycles. The van der Waals surface area contributed by atoms with Crippen LogP contribution in [0.3, 0.4) is 0 Å². The standard InChI is InChI=1S/C17H16F2N2/c1-21(17-7-3-2-6-16(17)19)12-14-9-13(5-4-8-20)10-15(18)11-14/h2-3,6-7,9-11H,8,12,20H2,1H3. The maximum Gasteiger partial charge on any atom is 0.146 e. The van der Waals surface area contributed by atoms with Crippen LogP contribution in [0.25, 0.3) is 0 Å². The van der Waals surface area contributed by atoms with Crippen molar-refractivity contribution < 1.29 is 8.78 Å². The van der Waals surface area contributed by atoms with E-state index in [1.807, 2.05) is 0 Å². The minimum Gasteiger partial charge on any atom is -0.368 e. The van der Waals surface area contributed by atoms with Gasteiger partial charge in [0.1, 0.15) is 11.6 Å². The average molecular weight is 286 g/mol. The van der Waals surface area contributed by atoms with Gasteiger partial charge in [0.25, 0.3) is 0 Å². The zero-order valence-corrected chi connectivity index (χ0v) is 11.7. The van der Waals surface area contributed by atoms with Crippen LogP contribution in [-0.2, 0) is 6.54 Å². The number of para-hydroxylation sites is 1. The van der Waals surface area contributed by atoms with Gasteiger partial charge >= 0.3 is 0 Å². The van der Waals surface area contributed by atoms with Gasteiger partial charge in [0.05, 0.1) is 12.2 Å². The van der Waals surface area contributed by atoms with E-state index in [-0.39, 0.29) is 18.2 Å². The molecular weight excluding hydrogens is 270 g/mol. The van der Waals surface area contributed by atoms with Gasteiger partial charge in [-0.3, -0.25) is 0 Å². The Morgan fingerprint density at radius 3 is 2.62 bits per heavy atom. The Morgan fingerprint density at radius 1 is 1.14 bits per heavy atom. The van der Waals surface area contributed by atoms with Gasteiger partial charge in [-0.15, -0.1) is 0 Å². The molecule has 0 aliphatic carbocycles. The van der Waals surface area contributed by atoms with Crippen LogP contribution in [-0.4, -0.2) is 13.6 Å². The summed E-state index contributed by atoms with van der Waals surface area (Å²) < 4.78 is 27.3. The van der Waals surface area contributed by atoms with E-state index in [0.29, 0.717) is 17.8 Å². The molecule has 0 atom stereocenters. The van der Waals surface area contributed by atoms with Crippen molar-refractivity contribution >= 4 is 5.69 Å². The van der Waals surface area contributed by atoms with Gasteiger partial charge in [-0.2, -0.15) is 0 Å². The molecule has 0 fully saturated rings. The SMILES string of the molecule is CN(Cc1cc(F)cc(C#CCN)c1)c1ccccc1F. The van der Waals surface area contributed by atoms with Crippen LogP contribution >= 0.6 is 0 Å². The molecule has 2 aromatic rings. The average Bonchev–Trinajstić information content (AvgIpc) is 2.45. The molecule has 108 valence electrons. The highest BCUT2D eigenvalue weighted by Gasteiger charge is 2.08. The lowest BCUT2D eigenvalue weighted by Crippen LogP contribution is -2.17. The Hall–Kier alpha value is -2.38. The number of hydrogen-bond acceptors (Lipinski definition) is 2. The Morgan fingerprint density at radius 2 is 1.90 bits per heavy atom. The summed E-state index contributed by atoms with van der Waals surface area (Å²) in [5.41, 5.74) is 7.07. The quantitative estimate of drug-likeness (QED) is 0.879. The molecule has 4 heteroatoms. The van der Waals surface area contributed by atoms with E-state index in [0.717, 1.165) is 5.56 Å². The van der Waals surface area contributed by atoms with Gasteiger partial charge in [-0.25, -0.2) is 8.78 Å².